The summed E-state index contributed by atoms with van der Waals surface area (Å²) in [5.74, 6) is 1.54. The minimum Gasteiger partial charge on any atom is -0.494 e. The first-order chi connectivity index (χ1) is 28.2. The Morgan fingerprint density at radius 3 is 1.00 bits per heavy atom. The van der Waals surface area contributed by atoms with Crippen molar-refractivity contribution in [3.8, 4) is 11.5 Å². The Hall–Kier alpha value is -2.48. The molecule has 0 radical (unpaired) electrons. The third-order valence-electron chi connectivity index (χ3n) is 11.0. The maximum atomic E-state index is 14.7. The molecular weight excluding hydrogens is 765 g/mol. The molecule has 0 unspecified atom stereocenters. The summed E-state index contributed by atoms with van der Waals surface area (Å²) in [5, 5.41) is 0. The molecule has 0 atom stereocenters. The van der Waals surface area contributed by atoms with E-state index in [0.29, 0.717) is 50.5 Å². The molecule has 0 fully saturated rings. The second-order valence-electron chi connectivity index (χ2n) is 14.6. The van der Waals surface area contributed by atoms with E-state index in [1.807, 2.05) is 46.2 Å². The van der Waals surface area contributed by atoms with Crippen LogP contribution in [0.1, 0.15) is 116 Å². The van der Waals surface area contributed by atoms with Gasteiger partial charge in [-0.25, -0.2) is 0 Å². The topological polar surface area (TPSA) is 72.0 Å². The van der Waals surface area contributed by atoms with Crippen LogP contribution in [0.25, 0.3) is 0 Å². The van der Waals surface area contributed by atoms with E-state index in [1.54, 1.807) is 0 Å². The van der Waals surface area contributed by atoms with Crippen LogP contribution in [-0.4, -0.2) is 159 Å². The molecular formula is C46H80N6O4S2. The van der Waals surface area contributed by atoms with Gasteiger partial charge in [0.15, 0.2) is 0 Å². The Morgan fingerprint density at radius 2 is 0.741 bits per heavy atom. The van der Waals surface area contributed by atoms with E-state index in [9.17, 15) is 9.59 Å². The van der Waals surface area contributed by atoms with Crippen LogP contribution in [0.4, 0.5) is 0 Å². The number of nitrogens with zero attached hydrogens (tertiary/aromatic N) is 6. The molecule has 0 bridgehead atoms. The molecule has 0 heterocycles. The average Bonchev–Trinajstić information content (AvgIpc) is 3.25. The van der Waals surface area contributed by atoms with Gasteiger partial charge in [-0.1, -0.05) is 104 Å². The van der Waals surface area contributed by atoms with E-state index in [4.69, 9.17) is 9.47 Å². The normalized spacial score (nSPS) is 11.6. The van der Waals surface area contributed by atoms with Crippen molar-refractivity contribution in [2.45, 2.75) is 105 Å². The Morgan fingerprint density at radius 1 is 0.448 bits per heavy atom. The fourth-order valence-corrected chi connectivity index (χ4v) is 8.98. The number of likely N-dealkylation sites (N-methyl/N-ethyl adjacent to an activating group) is 4. The fourth-order valence-electron chi connectivity index (χ4n) is 6.61. The van der Waals surface area contributed by atoms with Crippen molar-refractivity contribution >= 4 is 33.4 Å². The molecule has 58 heavy (non-hydrogen) atoms. The number of ether oxygens (including phenoxy) is 2. The van der Waals surface area contributed by atoms with Gasteiger partial charge in [0.05, 0.1) is 24.3 Å². The van der Waals surface area contributed by atoms with Crippen molar-refractivity contribution in [1.82, 2.24) is 29.4 Å². The summed E-state index contributed by atoms with van der Waals surface area (Å²) in [5.41, 5.74) is 1.31. The zero-order chi connectivity index (χ0) is 42.7. The van der Waals surface area contributed by atoms with Crippen molar-refractivity contribution in [2.75, 3.05) is 118 Å². The number of hydrogen-bond acceptors (Lipinski definition) is 10. The van der Waals surface area contributed by atoms with Crippen LogP contribution in [0.3, 0.4) is 0 Å². The SMILES string of the molecule is CCCCOc1ccc(C(=O)N(CCN(CC)CC)CCN(CC)CC)c(SSc2cc(OCCCC)ccc2C(=O)N(CCN(CC)CC)CCN(CC)CC)c1. The summed E-state index contributed by atoms with van der Waals surface area (Å²) in [6.45, 7) is 36.4. The molecule has 0 spiro atoms. The van der Waals surface area contributed by atoms with Crippen molar-refractivity contribution in [3.63, 3.8) is 0 Å². The third kappa shape index (κ3) is 18.0. The number of carbonyl (C=O) groups is 2. The number of rotatable bonds is 33. The Bertz CT molecular complexity index is 1280. The van der Waals surface area contributed by atoms with Crippen LogP contribution in [0, 0.1) is 0 Å². The second-order valence-corrected chi connectivity index (χ2v) is 16.8. The molecule has 2 aromatic rings. The highest BCUT2D eigenvalue weighted by molar-refractivity contribution is 8.76. The van der Waals surface area contributed by atoms with E-state index >= 15 is 0 Å². The van der Waals surface area contributed by atoms with Gasteiger partial charge in [-0.2, -0.15) is 0 Å². The summed E-state index contributed by atoms with van der Waals surface area (Å²) >= 11 is 0. The van der Waals surface area contributed by atoms with Gasteiger partial charge in [-0.3, -0.25) is 9.59 Å². The lowest BCUT2D eigenvalue weighted by Crippen LogP contribution is -2.43. The van der Waals surface area contributed by atoms with Crippen LogP contribution in [0.5, 0.6) is 11.5 Å². The lowest BCUT2D eigenvalue weighted by atomic mass is 10.1. The number of amides is 2. The molecule has 0 aliphatic rings. The van der Waals surface area contributed by atoms with Gasteiger partial charge >= 0.3 is 0 Å². The standard InChI is InChI=1S/C46H80N6O4S2/c1-11-21-35-55-39-23-25-41(45(53)51(31-27-47(13-3)14-4)32-28-48(15-5)16-6)43(37-39)57-58-44-38-40(56-36-22-12-2)24-26-42(44)46(54)52(33-29-49(17-7)18-8)34-30-50(19-9)20-10/h23-26,37-38H,11-22,27-36H2,1-10H3. The van der Waals surface area contributed by atoms with Crippen LogP contribution in [-0.2, 0) is 0 Å². The minimum absolute atomic E-state index is 0.0226. The molecule has 2 aromatic carbocycles. The number of carbonyl (C=O) groups excluding carboxylic acids is 2. The average molecular weight is 845 g/mol. The van der Waals surface area contributed by atoms with Gasteiger partial charge in [-0.05, 0) is 102 Å². The predicted molar refractivity (Wildman–Crippen MR) is 248 cm³/mol. The fraction of sp³-hybridized carbons (Fsp3) is 0.696. The van der Waals surface area contributed by atoms with Gasteiger partial charge in [-0.15, -0.1) is 0 Å². The second kappa shape index (κ2) is 30.5. The first-order valence-electron chi connectivity index (χ1n) is 22.5. The quantitative estimate of drug-likeness (QED) is 0.0514. The largest absolute Gasteiger partial charge is 0.494 e. The Balaban J connectivity index is 2.62. The molecule has 0 saturated carbocycles. The third-order valence-corrected chi connectivity index (χ3v) is 13.5. The van der Waals surface area contributed by atoms with E-state index in [0.717, 1.165) is 126 Å². The smallest absolute Gasteiger partial charge is 0.255 e. The highest BCUT2D eigenvalue weighted by atomic mass is 33.1. The monoisotopic (exact) mass is 845 g/mol. The van der Waals surface area contributed by atoms with E-state index < -0.39 is 0 Å². The minimum atomic E-state index is 0.0226. The van der Waals surface area contributed by atoms with E-state index in [1.165, 1.54) is 21.6 Å². The zero-order valence-corrected chi connectivity index (χ0v) is 39.8. The van der Waals surface area contributed by atoms with Gasteiger partial charge in [0.25, 0.3) is 11.8 Å². The molecule has 10 nitrogen and oxygen atoms in total. The maximum Gasteiger partial charge on any atom is 0.255 e. The van der Waals surface area contributed by atoms with Gasteiger partial charge in [0.1, 0.15) is 11.5 Å². The van der Waals surface area contributed by atoms with Crippen LogP contribution in [0.15, 0.2) is 46.2 Å². The molecule has 0 aliphatic heterocycles. The molecule has 330 valence electrons. The highest BCUT2D eigenvalue weighted by Crippen LogP contribution is 2.43. The maximum absolute atomic E-state index is 14.7. The summed E-state index contributed by atoms with van der Waals surface area (Å²) in [7, 11) is 3.05. The van der Waals surface area contributed by atoms with E-state index in [-0.39, 0.29) is 11.8 Å². The predicted octanol–water partition coefficient (Wildman–Crippen LogP) is 9.10. The zero-order valence-electron chi connectivity index (χ0n) is 38.2. The highest BCUT2D eigenvalue weighted by Gasteiger charge is 2.25. The van der Waals surface area contributed by atoms with Crippen LogP contribution in [0.2, 0.25) is 0 Å². The molecule has 0 aromatic heterocycles. The molecule has 0 aliphatic carbocycles. The lowest BCUT2D eigenvalue weighted by molar-refractivity contribution is 0.0707. The van der Waals surface area contributed by atoms with E-state index in [2.05, 4.69) is 88.8 Å². The van der Waals surface area contributed by atoms with Gasteiger partial charge in [0.2, 0.25) is 0 Å². The Labute approximate surface area is 362 Å². The number of hydrogen-bond donors (Lipinski definition) is 0. The van der Waals surface area contributed by atoms with Crippen molar-refractivity contribution in [1.29, 1.82) is 0 Å². The lowest BCUT2D eigenvalue weighted by Gasteiger charge is -2.30. The number of benzene rings is 2. The van der Waals surface area contributed by atoms with Crippen molar-refractivity contribution in [3.05, 3.63) is 47.5 Å². The van der Waals surface area contributed by atoms with Gasteiger partial charge in [0, 0.05) is 62.1 Å². The first-order valence-corrected chi connectivity index (χ1v) is 24.7. The first kappa shape index (κ1) is 51.7. The molecule has 0 saturated heterocycles. The van der Waals surface area contributed by atoms with Crippen LogP contribution < -0.4 is 9.47 Å². The summed E-state index contributed by atoms with van der Waals surface area (Å²) in [4.78, 5) is 44.6. The Kier molecular flexibility index (Phi) is 27.2. The van der Waals surface area contributed by atoms with Crippen molar-refractivity contribution < 1.29 is 19.1 Å². The molecule has 2 rings (SSSR count). The van der Waals surface area contributed by atoms with Gasteiger partial charge < -0.3 is 38.9 Å². The molecule has 0 N–H and O–H groups in total. The number of unbranched alkanes of at least 4 members (excludes halogenated alkanes) is 2. The summed E-state index contributed by atoms with van der Waals surface area (Å²) < 4.78 is 12.4. The molecule has 2 amide bonds. The van der Waals surface area contributed by atoms with Crippen LogP contribution >= 0.6 is 21.6 Å². The summed E-state index contributed by atoms with van der Waals surface area (Å²) in [6.07, 6.45) is 3.99. The van der Waals surface area contributed by atoms with Crippen molar-refractivity contribution in [2.24, 2.45) is 0 Å². The molecule has 12 heteroatoms. The summed E-state index contributed by atoms with van der Waals surface area (Å²) in [6, 6.07) is 11.8.